The van der Waals surface area contributed by atoms with Crippen molar-refractivity contribution in [3.8, 4) is 0 Å². The zero-order chi connectivity index (χ0) is 10.7. The lowest BCUT2D eigenvalue weighted by atomic mass is 10.1. The van der Waals surface area contributed by atoms with Crippen LogP contribution in [0.2, 0.25) is 5.02 Å². The van der Waals surface area contributed by atoms with Crippen molar-refractivity contribution < 1.29 is 0 Å². The van der Waals surface area contributed by atoms with Gasteiger partial charge in [0.1, 0.15) is 0 Å². The summed E-state index contributed by atoms with van der Waals surface area (Å²) in [5.41, 5.74) is 1.31. The van der Waals surface area contributed by atoms with E-state index in [0.717, 1.165) is 16.0 Å². The van der Waals surface area contributed by atoms with Crippen LogP contribution in [0, 0.1) is 0 Å². The van der Waals surface area contributed by atoms with E-state index in [1.54, 1.807) is 0 Å². The van der Waals surface area contributed by atoms with Gasteiger partial charge in [0.2, 0.25) is 0 Å². The third kappa shape index (κ3) is 3.20. The van der Waals surface area contributed by atoms with Gasteiger partial charge in [0.15, 0.2) is 0 Å². The highest BCUT2D eigenvalue weighted by molar-refractivity contribution is 9.10. The van der Waals surface area contributed by atoms with Gasteiger partial charge in [-0.1, -0.05) is 24.1 Å². The highest BCUT2D eigenvalue weighted by Gasteiger charge is 2.10. The second-order valence-electron chi connectivity index (χ2n) is 4.09. The molecule has 0 bridgehead atoms. The molecule has 2 rings (SSSR count). The first-order valence-electron chi connectivity index (χ1n) is 5.42. The zero-order valence-corrected chi connectivity index (χ0v) is 11.0. The second kappa shape index (κ2) is 5.33. The fraction of sp³-hybridized carbons (Fsp3) is 0.500. The number of benzene rings is 1. The number of hydrogen-bond acceptors (Lipinski definition) is 1. The molecule has 1 nitrogen and oxygen atoms in total. The Labute approximate surface area is 105 Å². The summed E-state index contributed by atoms with van der Waals surface area (Å²) in [6.07, 6.45) is 4.06. The summed E-state index contributed by atoms with van der Waals surface area (Å²) in [4.78, 5) is 2.50. The standard InChI is InChI=1S/C12H15BrClN/c13-11-5-4-10(8-12(11)14)9-15-6-2-1-3-7-15/h4-5,8H,1-3,6-7,9H2. The van der Waals surface area contributed by atoms with E-state index in [1.807, 2.05) is 6.07 Å². The molecule has 0 unspecified atom stereocenters. The van der Waals surface area contributed by atoms with E-state index >= 15 is 0 Å². The Bertz CT molecular complexity index is 334. The van der Waals surface area contributed by atoms with Crippen LogP contribution in [-0.2, 0) is 6.54 Å². The Morgan fingerprint density at radius 2 is 1.93 bits per heavy atom. The average molecular weight is 289 g/mol. The molecule has 1 aromatic carbocycles. The Balaban J connectivity index is 2.00. The van der Waals surface area contributed by atoms with Gasteiger partial charge in [0.25, 0.3) is 0 Å². The van der Waals surface area contributed by atoms with Crippen LogP contribution in [0.25, 0.3) is 0 Å². The number of nitrogens with zero attached hydrogens (tertiary/aromatic N) is 1. The van der Waals surface area contributed by atoms with Crippen molar-refractivity contribution in [2.24, 2.45) is 0 Å². The molecule has 0 amide bonds. The van der Waals surface area contributed by atoms with Gasteiger partial charge in [-0.15, -0.1) is 0 Å². The summed E-state index contributed by atoms with van der Waals surface area (Å²) in [5.74, 6) is 0. The maximum atomic E-state index is 6.07. The summed E-state index contributed by atoms with van der Waals surface area (Å²) in [5, 5.41) is 0.810. The molecule has 1 heterocycles. The fourth-order valence-corrected chi connectivity index (χ4v) is 2.46. The van der Waals surface area contributed by atoms with E-state index in [1.165, 1.54) is 37.9 Å². The molecule has 82 valence electrons. The summed E-state index contributed by atoms with van der Waals surface area (Å²) in [6.45, 7) is 3.49. The van der Waals surface area contributed by atoms with E-state index < -0.39 is 0 Å². The molecule has 1 fully saturated rings. The number of rotatable bonds is 2. The molecule has 15 heavy (non-hydrogen) atoms. The Hall–Kier alpha value is -0.0500. The zero-order valence-electron chi connectivity index (χ0n) is 8.68. The minimum Gasteiger partial charge on any atom is -0.299 e. The lowest BCUT2D eigenvalue weighted by Crippen LogP contribution is -2.29. The summed E-state index contributed by atoms with van der Waals surface area (Å²) >= 11 is 9.48. The predicted molar refractivity (Wildman–Crippen MR) is 68.3 cm³/mol. The quantitative estimate of drug-likeness (QED) is 0.792. The van der Waals surface area contributed by atoms with Gasteiger partial charge in [-0.25, -0.2) is 0 Å². The number of piperidine rings is 1. The van der Waals surface area contributed by atoms with Crippen LogP contribution in [0.4, 0.5) is 0 Å². The molecule has 1 aromatic rings. The van der Waals surface area contributed by atoms with Gasteiger partial charge in [-0.3, -0.25) is 4.90 Å². The van der Waals surface area contributed by atoms with Crippen LogP contribution in [-0.4, -0.2) is 18.0 Å². The molecule has 1 saturated heterocycles. The first kappa shape index (κ1) is 11.4. The molecule has 3 heteroatoms. The van der Waals surface area contributed by atoms with Crippen molar-refractivity contribution in [2.45, 2.75) is 25.8 Å². The Morgan fingerprint density at radius 1 is 1.20 bits per heavy atom. The van der Waals surface area contributed by atoms with Crippen LogP contribution >= 0.6 is 27.5 Å². The van der Waals surface area contributed by atoms with E-state index in [2.05, 4.69) is 33.0 Å². The molecule has 0 N–H and O–H groups in total. The lowest BCUT2D eigenvalue weighted by molar-refractivity contribution is 0.221. The van der Waals surface area contributed by atoms with E-state index in [9.17, 15) is 0 Å². The van der Waals surface area contributed by atoms with Gasteiger partial charge >= 0.3 is 0 Å². The Kier molecular flexibility index (Phi) is 4.06. The smallest absolute Gasteiger partial charge is 0.0551 e. The SMILES string of the molecule is Clc1cc(CN2CCCCC2)ccc1Br. The van der Waals surface area contributed by atoms with Crippen LogP contribution in [0.15, 0.2) is 22.7 Å². The van der Waals surface area contributed by atoms with Crippen molar-refractivity contribution in [1.29, 1.82) is 0 Å². The molecular weight excluding hydrogens is 273 g/mol. The van der Waals surface area contributed by atoms with Crippen molar-refractivity contribution in [2.75, 3.05) is 13.1 Å². The maximum Gasteiger partial charge on any atom is 0.0551 e. The molecule has 0 spiro atoms. The highest BCUT2D eigenvalue weighted by atomic mass is 79.9. The van der Waals surface area contributed by atoms with Gasteiger partial charge < -0.3 is 0 Å². The van der Waals surface area contributed by atoms with Crippen LogP contribution in [0.1, 0.15) is 24.8 Å². The molecule has 0 aromatic heterocycles. The molecule has 0 aliphatic carbocycles. The minimum absolute atomic E-state index is 0.810. The van der Waals surface area contributed by atoms with E-state index in [0.29, 0.717) is 0 Å². The third-order valence-electron chi connectivity index (χ3n) is 2.84. The first-order valence-corrected chi connectivity index (χ1v) is 6.59. The van der Waals surface area contributed by atoms with E-state index in [-0.39, 0.29) is 0 Å². The Morgan fingerprint density at radius 3 is 2.60 bits per heavy atom. The molecule has 0 saturated carbocycles. The monoisotopic (exact) mass is 287 g/mol. The maximum absolute atomic E-state index is 6.07. The number of likely N-dealkylation sites (tertiary alicyclic amines) is 1. The normalized spacial score (nSPS) is 18.0. The second-order valence-corrected chi connectivity index (χ2v) is 5.35. The molecule has 1 aliphatic rings. The molecule has 1 aliphatic heterocycles. The third-order valence-corrected chi connectivity index (χ3v) is 4.07. The summed E-state index contributed by atoms with van der Waals surface area (Å²) in [7, 11) is 0. The van der Waals surface area contributed by atoms with Gasteiger partial charge in [-0.05, 0) is 59.6 Å². The lowest BCUT2D eigenvalue weighted by Gasteiger charge is -2.26. The number of halogens is 2. The minimum atomic E-state index is 0.810. The predicted octanol–water partition coefficient (Wildman–Crippen LogP) is 4.09. The number of hydrogen-bond donors (Lipinski definition) is 0. The van der Waals surface area contributed by atoms with Gasteiger partial charge in [-0.2, -0.15) is 0 Å². The summed E-state index contributed by atoms with van der Waals surface area (Å²) in [6, 6.07) is 6.23. The van der Waals surface area contributed by atoms with Crippen molar-refractivity contribution in [1.82, 2.24) is 4.90 Å². The fourth-order valence-electron chi connectivity index (χ4n) is 2.01. The largest absolute Gasteiger partial charge is 0.299 e. The van der Waals surface area contributed by atoms with Crippen molar-refractivity contribution in [3.63, 3.8) is 0 Å². The van der Waals surface area contributed by atoms with Crippen molar-refractivity contribution in [3.05, 3.63) is 33.3 Å². The topological polar surface area (TPSA) is 3.24 Å². The average Bonchev–Trinajstić information content (AvgIpc) is 2.25. The van der Waals surface area contributed by atoms with Crippen LogP contribution in [0.3, 0.4) is 0 Å². The van der Waals surface area contributed by atoms with E-state index in [4.69, 9.17) is 11.6 Å². The van der Waals surface area contributed by atoms with Crippen LogP contribution in [0.5, 0.6) is 0 Å². The van der Waals surface area contributed by atoms with Gasteiger partial charge in [0, 0.05) is 11.0 Å². The first-order chi connectivity index (χ1) is 7.25. The highest BCUT2D eigenvalue weighted by Crippen LogP contribution is 2.24. The van der Waals surface area contributed by atoms with Gasteiger partial charge in [0.05, 0.1) is 5.02 Å². The molecular formula is C12H15BrClN. The van der Waals surface area contributed by atoms with Crippen LogP contribution < -0.4 is 0 Å². The summed E-state index contributed by atoms with van der Waals surface area (Å²) < 4.78 is 0.978. The molecule has 0 atom stereocenters. The molecule has 0 radical (unpaired) electrons. The van der Waals surface area contributed by atoms with Crippen molar-refractivity contribution >= 4 is 27.5 Å².